The summed E-state index contributed by atoms with van der Waals surface area (Å²) in [6.45, 7) is 9.13. The van der Waals surface area contributed by atoms with Crippen LogP contribution < -0.4 is 0 Å². The van der Waals surface area contributed by atoms with Crippen LogP contribution in [0.15, 0.2) is 22.8 Å². The van der Waals surface area contributed by atoms with Gasteiger partial charge in [-0.15, -0.1) is 0 Å². The predicted octanol–water partition coefficient (Wildman–Crippen LogP) is 3.71. The standard InChI is InChI=1S/C17H23NO2/c1-11(2)9-18(5)16(19)8-14-10-20-17-13(4)12(3)6-7-15(14)17/h6-7,10-11H,8-9H2,1-5H3. The Kier molecular flexibility index (Phi) is 4.17. The summed E-state index contributed by atoms with van der Waals surface area (Å²) in [5.41, 5.74) is 4.24. The molecule has 20 heavy (non-hydrogen) atoms. The highest BCUT2D eigenvalue weighted by atomic mass is 16.3. The predicted molar refractivity (Wildman–Crippen MR) is 81.9 cm³/mol. The van der Waals surface area contributed by atoms with Crippen LogP contribution in [0.3, 0.4) is 0 Å². The Hall–Kier alpha value is -1.77. The Bertz CT molecular complexity index is 625. The van der Waals surface area contributed by atoms with Gasteiger partial charge < -0.3 is 9.32 Å². The van der Waals surface area contributed by atoms with Crippen molar-refractivity contribution in [2.75, 3.05) is 13.6 Å². The van der Waals surface area contributed by atoms with Crippen molar-refractivity contribution < 1.29 is 9.21 Å². The van der Waals surface area contributed by atoms with Crippen molar-refractivity contribution >= 4 is 16.9 Å². The van der Waals surface area contributed by atoms with Gasteiger partial charge in [-0.25, -0.2) is 0 Å². The average Bonchev–Trinajstić information content (AvgIpc) is 2.77. The number of amides is 1. The normalized spacial score (nSPS) is 11.3. The number of hydrogen-bond donors (Lipinski definition) is 0. The molecule has 1 amide bonds. The summed E-state index contributed by atoms with van der Waals surface area (Å²) >= 11 is 0. The van der Waals surface area contributed by atoms with Gasteiger partial charge in [0.05, 0.1) is 12.7 Å². The van der Waals surface area contributed by atoms with Gasteiger partial charge in [0.1, 0.15) is 5.58 Å². The largest absolute Gasteiger partial charge is 0.464 e. The number of rotatable bonds is 4. The van der Waals surface area contributed by atoms with Crippen molar-refractivity contribution in [1.82, 2.24) is 4.90 Å². The van der Waals surface area contributed by atoms with Gasteiger partial charge in [0.15, 0.2) is 0 Å². The van der Waals surface area contributed by atoms with E-state index in [2.05, 4.69) is 33.8 Å². The van der Waals surface area contributed by atoms with Crippen molar-refractivity contribution in [3.63, 3.8) is 0 Å². The van der Waals surface area contributed by atoms with Crippen LogP contribution in [-0.4, -0.2) is 24.4 Å². The summed E-state index contributed by atoms with van der Waals surface area (Å²) in [6, 6.07) is 4.13. The third kappa shape index (κ3) is 2.87. The molecule has 3 heteroatoms. The first-order chi connectivity index (χ1) is 9.40. The fourth-order valence-electron chi connectivity index (χ4n) is 2.47. The van der Waals surface area contributed by atoms with E-state index in [0.717, 1.165) is 28.6 Å². The van der Waals surface area contributed by atoms with Crippen LogP contribution >= 0.6 is 0 Å². The first-order valence-corrected chi connectivity index (χ1v) is 7.10. The molecule has 0 radical (unpaired) electrons. The average molecular weight is 273 g/mol. The van der Waals surface area contributed by atoms with Crippen molar-refractivity contribution in [3.05, 3.63) is 35.1 Å². The van der Waals surface area contributed by atoms with Gasteiger partial charge in [0.2, 0.25) is 5.91 Å². The van der Waals surface area contributed by atoms with Crippen molar-refractivity contribution in [1.29, 1.82) is 0 Å². The van der Waals surface area contributed by atoms with E-state index < -0.39 is 0 Å². The quantitative estimate of drug-likeness (QED) is 0.851. The lowest BCUT2D eigenvalue weighted by Crippen LogP contribution is -2.31. The fraction of sp³-hybridized carbons (Fsp3) is 0.471. The highest BCUT2D eigenvalue weighted by molar-refractivity contribution is 5.89. The molecule has 0 fully saturated rings. The molecular weight excluding hydrogens is 250 g/mol. The van der Waals surface area contributed by atoms with Crippen LogP contribution in [0.25, 0.3) is 11.0 Å². The van der Waals surface area contributed by atoms with E-state index in [1.807, 2.05) is 13.1 Å². The van der Waals surface area contributed by atoms with Gasteiger partial charge in [-0.2, -0.15) is 0 Å². The topological polar surface area (TPSA) is 33.5 Å². The smallest absolute Gasteiger partial charge is 0.226 e. The second-order valence-electron chi connectivity index (χ2n) is 5.99. The van der Waals surface area contributed by atoms with E-state index in [0.29, 0.717) is 12.3 Å². The number of benzene rings is 1. The zero-order valence-electron chi connectivity index (χ0n) is 13.0. The third-order valence-corrected chi connectivity index (χ3v) is 3.75. The number of hydrogen-bond acceptors (Lipinski definition) is 2. The number of carbonyl (C=O) groups is 1. The summed E-state index contributed by atoms with van der Waals surface area (Å²) in [4.78, 5) is 14.0. The van der Waals surface area contributed by atoms with Gasteiger partial charge >= 0.3 is 0 Å². The summed E-state index contributed by atoms with van der Waals surface area (Å²) in [5.74, 6) is 0.620. The summed E-state index contributed by atoms with van der Waals surface area (Å²) in [7, 11) is 1.86. The zero-order chi connectivity index (χ0) is 14.9. The molecule has 0 unspecified atom stereocenters. The molecule has 0 aliphatic rings. The van der Waals surface area contributed by atoms with Gasteiger partial charge in [-0.3, -0.25) is 4.79 Å². The van der Waals surface area contributed by atoms with E-state index in [-0.39, 0.29) is 5.91 Å². The molecule has 108 valence electrons. The SMILES string of the molecule is Cc1ccc2c(CC(=O)N(C)CC(C)C)coc2c1C. The lowest BCUT2D eigenvalue weighted by atomic mass is 10.0. The lowest BCUT2D eigenvalue weighted by Gasteiger charge is -2.19. The highest BCUT2D eigenvalue weighted by Gasteiger charge is 2.15. The van der Waals surface area contributed by atoms with E-state index in [1.165, 1.54) is 5.56 Å². The number of aryl methyl sites for hydroxylation is 2. The Morgan fingerprint density at radius 1 is 1.30 bits per heavy atom. The van der Waals surface area contributed by atoms with E-state index in [9.17, 15) is 4.79 Å². The molecule has 0 bridgehead atoms. The molecule has 0 saturated carbocycles. The Morgan fingerprint density at radius 2 is 2.00 bits per heavy atom. The Balaban J connectivity index is 2.22. The Labute approximate surface area is 120 Å². The fourth-order valence-corrected chi connectivity index (χ4v) is 2.47. The third-order valence-electron chi connectivity index (χ3n) is 3.75. The van der Waals surface area contributed by atoms with E-state index in [1.54, 1.807) is 11.2 Å². The minimum Gasteiger partial charge on any atom is -0.464 e. The minimum atomic E-state index is 0.139. The monoisotopic (exact) mass is 273 g/mol. The number of likely N-dealkylation sites (N-methyl/N-ethyl adjacent to an activating group) is 1. The summed E-state index contributed by atoms with van der Waals surface area (Å²) in [5, 5.41) is 1.05. The first-order valence-electron chi connectivity index (χ1n) is 7.10. The minimum absolute atomic E-state index is 0.139. The second kappa shape index (κ2) is 5.70. The van der Waals surface area contributed by atoms with Crippen LogP contribution in [0.4, 0.5) is 0 Å². The van der Waals surface area contributed by atoms with Gasteiger partial charge in [0.25, 0.3) is 0 Å². The second-order valence-corrected chi connectivity index (χ2v) is 5.99. The number of carbonyl (C=O) groups excluding carboxylic acids is 1. The summed E-state index contributed by atoms with van der Waals surface area (Å²) in [6.07, 6.45) is 2.12. The lowest BCUT2D eigenvalue weighted by molar-refractivity contribution is -0.129. The molecule has 3 nitrogen and oxygen atoms in total. The molecule has 0 saturated heterocycles. The molecule has 2 rings (SSSR count). The number of nitrogens with zero attached hydrogens (tertiary/aromatic N) is 1. The maximum absolute atomic E-state index is 12.2. The van der Waals surface area contributed by atoms with Crippen molar-refractivity contribution in [2.45, 2.75) is 34.1 Å². The van der Waals surface area contributed by atoms with Crippen LogP contribution in [0, 0.1) is 19.8 Å². The van der Waals surface area contributed by atoms with E-state index >= 15 is 0 Å². The molecule has 0 aliphatic heterocycles. The maximum atomic E-state index is 12.2. The number of furan rings is 1. The molecule has 0 N–H and O–H groups in total. The van der Waals surface area contributed by atoms with Crippen LogP contribution in [0.5, 0.6) is 0 Å². The zero-order valence-corrected chi connectivity index (χ0v) is 13.0. The number of fused-ring (bicyclic) bond motifs is 1. The van der Waals surface area contributed by atoms with Gasteiger partial charge in [-0.1, -0.05) is 26.0 Å². The van der Waals surface area contributed by atoms with Gasteiger partial charge in [-0.05, 0) is 30.9 Å². The van der Waals surface area contributed by atoms with Crippen LogP contribution in [0.2, 0.25) is 0 Å². The van der Waals surface area contributed by atoms with Crippen molar-refractivity contribution in [2.24, 2.45) is 5.92 Å². The molecule has 1 aromatic carbocycles. The molecule has 1 aromatic heterocycles. The molecule has 2 aromatic rings. The molecule has 1 heterocycles. The van der Waals surface area contributed by atoms with Crippen molar-refractivity contribution in [3.8, 4) is 0 Å². The first kappa shape index (κ1) is 14.6. The molecular formula is C17H23NO2. The Morgan fingerprint density at radius 3 is 2.65 bits per heavy atom. The highest BCUT2D eigenvalue weighted by Crippen LogP contribution is 2.27. The maximum Gasteiger partial charge on any atom is 0.226 e. The molecule has 0 spiro atoms. The molecule has 0 aliphatic carbocycles. The molecule has 0 atom stereocenters. The van der Waals surface area contributed by atoms with Crippen LogP contribution in [-0.2, 0) is 11.2 Å². The van der Waals surface area contributed by atoms with Crippen LogP contribution in [0.1, 0.15) is 30.5 Å². The van der Waals surface area contributed by atoms with E-state index in [4.69, 9.17) is 4.42 Å². The summed E-state index contributed by atoms with van der Waals surface area (Å²) < 4.78 is 5.65. The van der Waals surface area contributed by atoms with Gasteiger partial charge in [0, 0.05) is 24.5 Å².